The molecule has 0 spiro atoms. The summed E-state index contributed by atoms with van der Waals surface area (Å²) in [7, 11) is 0. The van der Waals surface area contributed by atoms with Crippen LogP contribution in [0.5, 0.6) is 0 Å². The van der Waals surface area contributed by atoms with Crippen molar-refractivity contribution in [2.45, 2.75) is 13.0 Å². The number of hydrogen-bond donors (Lipinski definition) is 2. The number of rotatable bonds is 6. The Morgan fingerprint density at radius 3 is 2.68 bits per heavy atom. The van der Waals surface area contributed by atoms with Gasteiger partial charge in [0.1, 0.15) is 5.82 Å². The Balaban J connectivity index is 1.32. The van der Waals surface area contributed by atoms with Gasteiger partial charge < -0.3 is 10.6 Å². The number of hydrogen-bond acceptors (Lipinski definition) is 5. The second-order valence-electron chi connectivity index (χ2n) is 6.39. The highest BCUT2D eigenvalue weighted by molar-refractivity contribution is 6.01. The van der Waals surface area contributed by atoms with Gasteiger partial charge in [0.05, 0.1) is 13.1 Å². The normalized spacial score (nSPS) is 13.8. The van der Waals surface area contributed by atoms with E-state index in [0.717, 1.165) is 21.9 Å². The molecule has 28 heavy (non-hydrogen) atoms. The summed E-state index contributed by atoms with van der Waals surface area (Å²) in [6.07, 6.45) is 2.44. The van der Waals surface area contributed by atoms with Gasteiger partial charge in [0.2, 0.25) is 5.91 Å². The van der Waals surface area contributed by atoms with E-state index in [1.165, 1.54) is 0 Å². The molecule has 1 saturated heterocycles. The minimum atomic E-state index is -0.396. The van der Waals surface area contributed by atoms with Gasteiger partial charge in [-0.2, -0.15) is 0 Å². The molecule has 9 heteroatoms. The highest BCUT2D eigenvalue weighted by atomic mass is 16.2. The number of aromatic nitrogens is 3. The Labute approximate surface area is 160 Å². The first-order valence-electron chi connectivity index (χ1n) is 8.86. The third-order valence-corrected chi connectivity index (χ3v) is 4.51. The molecule has 1 aromatic carbocycles. The van der Waals surface area contributed by atoms with E-state index >= 15 is 0 Å². The lowest BCUT2D eigenvalue weighted by Crippen LogP contribution is -2.30. The highest BCUT2D eigenvalue weighted by Crippen LogP contribution is 2.10. The summed E-state index contributed by atoms with van der Waals surface area (Å²) in [5.41, 5.74) is 2.05. The maximum atomic E-state index is 12.3. The molecule has 0 atom stereocenters. The molecule has 0 unspecified atom stereocenters. The van der Waals surface area contributed by atoms with Crippen molar-refractivity contribution in [3.05, 3.63) is 65.6 Å². The number of carbonyl (C=O) groups is 3. The smallest absolute Gasteiger partial charge is 0.324 e. The molecular formula is C19H18N6O3. The summed E-state index contributed by atoms with van der Waals surface area (Å²) in [5, 5.41) is 13.6. The number of amides is 4. The number of imide groups is 1. The zero-order valence-corrected chi connectivity index (χ0v) is 15.0. The Morgan fingerprint density at radius 1 is 1.11 bits per heavy atom. The highest BCUT2D eigenvalue weighted by Gasteiger charge is 2.28. The monoisotopic (exact) mass is 378 g/mol. The van der Waals surface area contributed by atoms with Crippen LogP contribution in [0.2, 0.25) is 0 Å². The molecule has 0 radical (unpaired) electrons. The molecule has 2 N–H and O–H groups in total. The van der Waals surface area contributed by atoms with E-state index in [0.29, 0.717) is 18.5 Å². The Hall–Kier alpha value is -3.75. The summed E-state index contributed by atoms with van der Waals surface area (Å²) in [6, 6.07) is 12.1. The number of benzene rings is 1. The molecule has 4 amide bonds. The van der Waals surface area contributed by atoms with Gasteiger partial charge in [-0.3, -0.25) is 18.9 Å². The zero-order valence-electron chi connectivity index (χ0n) is 15.0. The molecule has 1 aliphatic heterocycles. The minimum Gasteiger partial charge on any atom is -0.352 e. The summed E-state index contributed by atoms with van der Waals surface area (Å²) in [5.74, 6) is 0.322. The standard InChI is InChI=1S/C19H18N6O3/c26-17-11-21-19(28)25(17)12-13-4-6-14(7-5-13)18(27)20-9-8-16-23-22-15-3-1-2-10-24(15)16/h1-7,10H,8-9,11-12H2,(H,20,27)(H,21,28). The Morgan fingerprint density at radius 2 is 1.93 bits per heavy atom. The van der Waals surface area contributed by atoms with Crippen LogP contribution in [-0.4, -0.2) is 50.4 Å². The van der Waals surface area contributed by atoms with Crippen molar-refractivity contribution in [3.8, 4) is 0 Å². The van der Waals surface area contributed by atoms with E-state index in [-0.39, 0.29) is 24.9 Å². The van der Waals surface area contributed by atoms with Crippen LogP contribution in [0.3, 0.4) is 0 Å². The summed E-state index contributed by atoms with van der Waals surface area (Å²) >= 11 is 0. The van der Waals surface area contributed by atoms with Crippen molar-refractivity contribution < 1.29 is 14.4 Å². The first-order chi connectivity index (χ1) is 13.6. The number of fused-ring (bicyclic) bond motifs is 1. The topological polar surface area (TPSA) is 109 Å². The molecule has 3 aromatic rings. The van der Waals surface area contributed by atoms with E-state index < -0.39 is 6.03 Å². The molecule has 0 bridgehead atoms. The molecule has 142 valence electrons. The van der Waals surface area contributed by atoms with Crippen LogP contribution in [0.1, 0.15) is 21.7 Å². The molecule has 4 rings (SSSR count). The maximum absolute atomic E-state index is 12.3. The van der Waals surface area contributed by atoms with E-state index in [1.54, 1.807) is 24.3 Å². The number of carbonyl (C=O) groups excluding carboxylic acids is 3. The van der Waals surface area contributed by atoms with Crippen molar-refractivity contribution >= 4 is 23.5 Å². The van der Waals surface area contributed by atoms with Gasteiger partial charge in [0.15, 0.2) is 5.65 Å². The van der Waals surface area contributed by atoms with Crippen LogP contribution in [-0.2, 0) is 17.8 Å². The van der Waals surface area contributed by atoms with Crippen molar-refractivity contribution in [2.24, 2.45) is 0 Å². The van der Waals surface area contributed by atoms with Gasteiger partial charge in [-0.1, -0.05) is 18.2 Å². The summed E-state index contributed by atoms with van der Waals surface area (Å²) in [6.45, 7) is 0.645. The fraction of sp³-hybridized carbons (Fsp3) is 0.211. The average molecular weight is 378 g/mol. The third kappa shape index (κ3) is 3.54. The zero-order chi connectivity index (χ0) is 19.5. The van der Waals surface area contributed by atoms with Crippen LogP contribution >= 0.6 is 0 Å². The van der Waals surface area contributed by atoms with Gasteiger partial charge in [-0.15, -0.1) is 10.2 Å². The first-order valence-corrected chi connectivity index (χ1v) is 8.86. The second-order valence-corrected chi connectivity index (χ2v) is 6.39. The molecule has 3 heterocycles. The second kappa shape index (κ2) is 7.47. The number of nitrogens with one attached hydrogen (secondary N) is 2. The average Bonchev–Trinajstić information content (AvgIpc) is 3.27. The van der Waals surface area contributed by atoms with Gasteiger partial charge in [0.25, 0.3) is 5.91 Å². The van der Waals surface area contributed by atoms with Crippen molar-refractivity contribution in [3.63, 3.8) is 0 Å². The Bertz CT molecular complexity index is 1030. The molecule has 0 saturated carbocycles. The minimum absolute atomic E-state index is 0.0284. The fourth-order valence-corrected chi connectivity index (χ4v) is 3.01. The van der Waals surface area contributed by atoms with Crippen LogP contribution in [0, 0.1) is 0 Å². The summed E-state index contributed by atoms with van der Waals surface area (Å²) < 4.78 is 1.89. The molecule has 0 aliphatic carbocycles. The predicted octanol–water partition coefficient (Wildman–Crippen LogP) is 0.754. The number of pyridine rings is 1. The maximum Gasteiger partial charge on any atom is 0.324 e. The lowest BCUT2D eigenvalue weighted by atomic mass is 10.1. The predicted molar refractivity (Wildman–Crippen MR) is 99.4 cm³/mol. The van der Waals surface area contributed by atoms with Gasteiger partial charge in [-0.25, -0.2) is 4.79 Å². The summed E-state index contributed by atoms with van der Waals surface area (Å²) in [4.78, 5) is 36.7. The van der Waals surface area contributed by atoms with E-state index in [2.05, 4.69) is 20.8 Å². The van der Waals surface area contributed by atoms with Crippen LogP contribution in [0.15, 0.2) is 48.7 Å². The first kappa shape index (κ1) is 17.7. The number of nitrogens with zero attached hydrogens (tertiary/aromatic N) is 4. The van der Waals surface area contributed by atoms with Crippen LogP contribution in [0.4, 0.5) is 4.79 Å². The lowest BCUT2D eigenvalue weighted by Gasteiger charge is -2.12. The molecular weight excluding hydrogens is 360 g/mol. The van der Waals surface area contributed by atoms with Crippen LogP contribution < -0.4 is 10.6 Å². The molecule has 1 aliphatic rings. The Kier molecular flexibility index (Phi) is 4.71. The van der Waals surface area contributed by atoms with Crippen LogP contribution in [0.25, 0.3) is 5.65 Å². The molecule has 9 nitrogen and oxygen atoms in total. The van der Waals surface area contributed by atoms with Gasteiger partial charge in [0, 0.05) is 24.7 Å². The molecule has 2 aromatic heterocycles. The largest absolute Gasteiger partial charge is 0.352 e. The van der Waals surface area contributed by atoms with E-state index in [4.69, 9.17) is 0 Å². The third-order valence-electron chi connectivity index (χ3n) is 4.51. The van der Waals surface area contributed by atoms with Gasteiger partial charge in [-0.05, 0) is 29.8 Å². The molecule has 1 fully saturated rings. The lowest BCUT2D eigenvalue weighted by molar-refractivity contribution is -0.125. The van der Waals surface area contributed by atoms with Crippen molar-refractivity contribution in [2.75, 3.05) is 13.1 Å². The van der Waals surface area contributed by atoms with E-state index in [1.807, 2.05) is 28.8 Å². The fourth-order valence-electron chi connectivity index (χ4n) is 3.01. The van der Waals surface area contributed by atoms with Gasteiger partial charge >= 0.3 is 6.03 Å². The quantitative estimate of drug-likeness (QED) is 0.616. The van der Waals surface area contributed by atoms with E-state index in [9.17, 15) is 14.4 Å². The SMILES string of the molecule is O=C(NCCc1nnc2ccccn12)c1ccc(CN2C(=O)CNC2=O)cc1. The number of urea groups is 1. The van der Waals surface area contributed by atoms with Crippen molar-refractivity contribution in [1.29, 1.82) is 0 Å². The van der Waals surface area contributed by atoms with Crippen molar-refractivity contribution in [1.82, 2.24) is 30.1 Å².